The van der Waals surface area contributed by atoms with Gasteiger partial charge in [-0.25, -0.2) is 0 Å². The first kappa shape index (κ1) is 23.1. The van der Waals surface area contributed by atoms with Gasteiger partial charge in [0.2, 0.25) is 5.91 Å². The molecule has 9 rings (SSSR count). The Labute approximate surface area is 224 Å². The van der Waals surface area contributed by atoms with Gasteiger partial charge in [-0.3, -0.25) is 9.69 Å². The smallest absolute Gasteiger partial charge is 0.244 e. The van der Waals surface area contributed by atoms with E-state index in [1.54, 1.807) is 13.2 Å². The molecule has 0 radical (unpaired) electrons. The molecule has 198 valence electrons. The quantitative estimate of drug-likeness (QED) is 0.568. The Morgan fingerprint density at radius 3 is 2.82 bits per heavy atom. The van der Waals surface area contributed by atoms with Crippen molar-refractivity contribution >= 4 is 12.0 Å². The molecule has 2 heterocycles. The average molecular weight is 513 g/mol. The van der Waals surface area contributed by atoms with Gasteiger partial charge in [0.15, 0.2) is 11.5 Å². The molecule has 6 heteroatoms. The van der Waals surface area contributed by atoms with Crippen LogP contribution in [0.1, 0.15) is 55.2 Å². The highest BCUT2D eigenvalue weighted by Crippen LogP contribution is 2.75. The summed E-state index contributed by atoms with van der Waals surface area (Å²) in [5.41, 5.74) is 2.75. The lowest BCUT2D eigenvalue weighted by Crippen LogP contribution is -2.83. The molecule has 2 aromatic rings. The molecule has 4 saturated carbocycles. The molecule has 6 nitrogen and oxygen atoms in total. The van der Waals surface area contributed by atoms with E-state index in [4.69, 9.17) is 9.47 Å². The summed E-state index contributed by atoms with van der Waals surface area (Å²) in [6, 6.07) is 14.1. The standard InChI is InChI=1S/C32H36N2O4/c1-37-32-14-13-30(18-24(32)33-26(36)12-9-20-5-3-2-4-6-20)25-17-22-10-11-23(35)28-27(22)31(30,29(32)38-28)15-16-34(25)19-21-7-8-21/h2-6,9-12,21,24-25,29,35H,7-8,13-19H2,1H3,(H,33,36)/b12-9+/t24-,25+,29+,30-,31-,32+/m0/s1. The number of nitrogens with one attached hydrogen (secondary N) is 1. The van der Waals surface area contributed by atoms with Gasteiger partial charge < -0.3 is 19.9 Å². The van der Waals surface area contributed by atoms with Crippen molar-refractivity contribution < 1.29 is 19.4 Å². The summed E-state index contributed by atoms with van der Waals surface area (Å²) in [4.78, 5) is 16.1. The SMILES string of the molecule is CO[C@]12CC[C@]3(C[C@@H]1NC(=O)/C=C/c1ccccc1)[C@H]1Cc4ccc(O)c5c4[C@@]3(CCN1CC1CC1)[C@H]2O5. The molecule has 6 atom stereocenters. The number of rotatable bonds is 6. The lowest BCUT2D eigenvalue weighted by Gasteiger charge is -2.73. The molecule has 4 bridgehead atoms. The number of phenolic OH excluding ortho intramolecular Hbond substituents is 1. The summed E-state index contributed by atoms with van der Waals surface area (Å²) in [6.07, 6.45) is 10.8. The van der Waals surface area contributed by atoms with Crippen molar-refractivity contribution in [1.29, 1.82) is 0 Å². The van der Waals surface area contributed by atoms with E-state index in [1.165, 1.54) is 30.5 Å². The van der Waals surface area contributed by atoms with E-state index in [-0.39, 0.29) is 34.6 Å². The Hall–Kier alpha value is -2.83. The summed E-state index contributed by atoms with van der Waals surface area (Å²) in [7, 11) is 1.78. The molecule has 7 aliphatic rings. The zero-order valence-corrected chi connectivity index (χ0v) is 22.0. The van der Waals surface area contributed by atoms with Gasteiger partial charge in [0, 0.05) is 42.2 Å². The Kier molecular flexibility index (Phi) is 4.77. The van der Waals surface area contributed by atoms with Crippen molar-refractivity contribution in [3.05, 3.63) is 65.2 Å². The monoisotopic (exact) mass is 512 g/mol. The highest BCUT2D eigenvalue weighted by Gasteiger charge is 2.80. The Bertz CT molecular complexity index is 1340. The highest BCUT2D eigenvalue weighted by atomic mass is 16.6. The van der Waals surface area contributed by atoms with Crippen molar-refractivity contribution in [1.82, 2.24) is 10.2 Å². The number of hydrogen-bond donors (Lipinski definition) is 2. The molecule has 0 unspecified atom stereocenters. The van der Waals surface area contributed by atoms with E-state index in [2.05, 4.69) is 16.3 Å². The molecule has 5 fully saturated rings. The summed E-state index contributed by atoms with van der Waals surface area (Å²) < 4.78 is 13.3. The topological polar surface area (TPSA) is 71.0 Å². The zero-order valence-electron chi connectivity index (χ0n) is 22.0. The van der Waals surface area contributed by atoms with E-state index in [1.807, 2.05) is 42.5 Å². The van der Waals surface area contributed by atoms with Crippen LogP contribution in [0.25, 0.3) is 6.08 Å². The number of nitrogens with zero attached hydrogens (tertiary/aromatic N) is 1. The number of hydrogen-bond acceptors (Lipinski definition) is 5. The van der Waals surface area contributed by atoms with E-state index in [9.17, 15) is 9.90 Å². The van der Waals surface area contributed by atoms with Crippen LogP contribution < -0.4 is 10.1 Å². The lowest BCUT2D eigenvalue weighted by molar-refractivity contribution is -0.263. The first-order chi connectivity index (χ1) is 18.5. The largest absolute Gasteiger partial charge is 0.504 e. The van der Waals surface area contributed by atoms with Crippen molar-refractivity contribution in [2.75, 3.05) is 20.2 Å². The number of amides is 1. The second-order valence-corrected chi connectivity index (χ2v) is 12.6. The van der Waals surface area contributed by atoms with Crippen molar-refractivity contribution in [3.8, 4) is 11.5 Å². The molecular weight excluding hydrogens is 476 g/mol. The van der Waals surface area contributed by atoms with Gasteiger partial charge in [-0.05, 0) is 80.7 Å². The average Bonchev–Trinajstić information content (AvgIpc) is 3.68. The van der Waals surface area contributed by atoms with Crippen molar-refractivity contribution in [2.24, 2.45) is 11.3 Å². The number of aromatic hydroxyl groups is 1. The molecule has 1 saturated heterocycles. The minimum atomic E-state index is -0.638. The van der Waals surface area contributed by atoms with Crippen LogP contribution in [-0.4, -0.2) is 59.9 Å². The summed E-state index contributed by atoms with van der Waals surface area (Å²) in [5.74, 6) is 1.64. The number of carbonyl (C=O) groups excluding carboxylic acids is 1. The molecule has 2 N–H and O–H groups in total. The van der Waals surface area contributed by atoms with Crippen LogP contribution in [0.4, 0.5) is 0 Å². The normalized spacial score (nSPS) is 38.2. The number of carbonyl (C=O) groups is 1. The van der Waals surface area contributed by atoms with Crippen LogP contribution in [0.5, 0.6) is 11.5 Å². The predicted molar refractivity (Wildman–Crippen MR) is 144 cm³/mol. The number of likely N-dealkylation sites (tertiary alicyclic amines) is 1. The second-order valence-electron chi connectivity index (χ2n) is 12.6. The second kappa shape index (κ2) is 7.86. The Morgan fingerprint density at radius 2 is 2.03 bits per heavy atom. The van der Waals surface area contributed by atoms with Gasteiger partial charge in [-0.1, -0.05) is 36.4 Å². The number of ether oxygens (including phenoxy) is 2. The molecule has 0 aromatic heterocycles. The number of piperidine rings is 1. The van der Waals surface area contributed by atoms with Gasteiger partial charge in [0.05, 0.1) is 6.04 Å². The van der Waals surface area contributed by atoms with E-state index in [0.29, 0.717) is 11.8 Å². The maximum atomic E-state index is 13.3. The van der Waals surface area contributed by atoms with Crippen LogP contribution in [0, 0.1) is 11.3 Å². The lowest BCUT2D eigenvalue weighted by atomic mass is 9.35. The van der Waals surface area contributed by atoms with Gasteiger partial charge in [0.1, 0.15) is 11.7 Å². The molecule has 2 aromatic carbocycles. The van der Waals surface area contributed by atoms with Crippen LogP contribution >= 0.6 is 0 Å². The third kappa shape index (κ3) is 2.83. The van der Waals surface area contributed by atoms with Gasteiger partial charge >= 0.3 is 0 Å². The maximum absolute atomic E-state index is 13.3. The Morgan fingerprint density at radius 1 is 1.18 bits per heavy atom. The minimum absolute atomic E-state index is 0.0157. The Balaban J connectivity index is 1.22. The predicted octanol–water partition coefficient (Wildman–Crippen LogP) is 4.20. The molecule has 38 heavy (non-hydrogen) atoms. The summed E-state index contributed by atoms with van der Waals surface area (Å²) >= 11 is 0. The molecular formula is C32H36N2O4. The van der Waals surface area contributed by atoms with Crippen LogP contribution in [0.2, 0.25) is 0 Å². The third-order valence-corrected chi connectivity index (χ3v) is 11.2. The van der Waals surface area contributed by atoms with Gasteiger partial charge in [-0.2, -0.15) is 0 Å². The summed E-state index contributed by atoms with van der Waals surface area (Å²) in [5, 5.41) is 14.4. The number of methoxy groups -OCH3 is 1. The fraction of sp³-hybridized carbons (Fsp3) is 0.531. The van der Waals surface area contributed by atoms with Crippen LogP contribution in [0.15, 0.2) is 48.5 Å². The van der Waals surface area contributed by atoms with Crippen molar-refractivity contribution in [2.45, 2.75) is 74.1 Å². The highest BCUT2D eigenvalue weighted by molar-refractivity contribution is 5.92. The molecule has 1 amide bonds. The molecule has 5 aliphatic carbocycles. The number of fused-ring (bicyclic) bond motifs is 2. The first-order valence-electron chi connectivity index (χ1n) is 14.4. The first-order valence-corrected chi connectivity index (χ1v) is 14.4. The van der Waals surface area contributed by atoms with Gasteiger partial charge in [-0.15, -0.1) is 0 Å². The molecule has 2 aliphatic heterocycles. The van der Waals surface area contributed by atoms with E-state index in [0.717, 1.165) is 50.1 Å². The van der Waals surface area contributed by atoms with Crippen molar-refractivity contribution in [3.63, 3.8) is 0 Å². The van der Waals surface area contributed by atoms with E-state index >= 15 is 0 Å². The van der Waals surface area contributed by atoms with Crippen LogP contribution in [-0.2, 0) is 21.4 Å². The number of phenols is 1. The summed E-state index contributed by atoms with van der Waals surface area (Å²) in [6.45, 7) is 2.24. The zero-order chi connectivity index (χ0) is 25.7. The fourth-order valence-corrected chi connectivity index (χ4v) is 9.51. The number of benzene rings is 2. The third-order valence-electron chi connectivity index (χ3n) is 11.2. The maximum Gasteiger partial charge on any atom is 0.244 e. The minimum Gasteiger partial charge on any atom is -0.504 e. The van der Waals surface area contributed by atoms with Gasteiger partial charge in [0.25, 0.3) is 0 Å². The van der Waals surface area contributed by atoms with Crippen LogP contribution in [0.3, 0.4) is 0 Å². The fourth-order valence-electron chi connectivity index (χ4n) is 9.51. The van der Waals surface area contributed by atoms with E-state index < -0.39 is 5.60 Å². The molecule has 2 spiro atoms.